The van der Waals surface area contributed by atoms with E-state index in [9.17, 15) is 17.6 Å². The van der Waals surface area contributed by atoms with Crippen molar-refractivity contribution in [1.29, 1.82) is 0 Å². The highest BCUT2D eigenvalue weighted by Crippen LogP contribution is 2.20. The summed E-state index contributed by atoms with van der Waals surface area (Å²) < 4.78 is 38.1. The third kappa shape index (κ3) is 6.44. The number of hydrogen-bond donors (Lipinski definition) is 3. The van der Waals surface area contributed by atoms with Gasteiger partial charge in [0.05, 0.1) is 17.6 Å². The van der Waals surface area contributed by atoms with Gasteiger partial charge in [0.15, 0.2) is 0 Å². The topological polar surface area (TPSA) is 87.3 Å². The molecule has 2 amide bonds. The monoisotopic (exact) mass is 317 g/mol. The number of rotatable bonds is 6. The number of carbonyl (C=O) groups is 1. The molecule has 1 aromatic carbocycles. The molecule has 0 fully saturated rings. The zero-order valence-corrected chi connectivity index (χ0v) is 13.1. The third-order valence-corrected chi connectivity index (χ3v) is 3.22. The first-order valence-corrected chi connectivity index (χ1v) is 8.45. The third-order valence-electron chi connectivity index (χ3n) is 2.62. The van der Waals surface area contributed by atoms with Gasteiger partial charge < -0.3 is 10.6 Å². The number of amides is 2. The molecule has 0 heterocycles. The Hall–Kier alpha value is -1.83. The summed E-state index contributed by atoms with van der Waals surface area (Å²) in [4.78, 5) is 11.7. The standard InChI is InChI=1S/C13H20FN3O3S/c1-4-5-9(2)15-13(18)16-12-8-10(6-7-11(12)14)17-21(3,19)20/h6-9,17H,4-5H2,1-3H3,(H2,15,16,18)/t9-/m0/s1. The van der Waals surface area contributed by atoms with Gasteiger partial charge in [-0.2, -0.15) is 0 Å². The fraction of sp³-hybridized carbons (Fsp3) is 0.462. The van der Waals surface area contributed by atoms with Crippen molar-refractivity contribution in [3.8, 4) is 0 Å². The lowest BCUT2D eigenvalue weighted by Crippen LogP contribution is -2.36. The molecule has 118 valence electrons. The van der Waals surface area contributed by atoms with Gasteiger partial charge in [0.2, 0.25) is 10.0 Å². The highest BCUT2D eigenvalue weighted by atomic mass is 32.2. The van der Waals surface area contributed by atoms with E-state index in [1.165, 1.54) is 12.1 Å². The van der Waals surface area contributed by atoms with Crippen LogP contribution in [0.2, 0.25) is 0 Å². The number of urea groups is 1. The first kappa shape index (κ1) is 17.2. The molecule has 0 aliphatic carbocycles. The maximum atomic E-state index is 13.6. The second-order valence-corrected chi connectivity index (χ2v) is 6.61. The SMILES string of the molecule is CCC[C@H](C)NC(=O)Nc1cc(NS(C)(=O)=O)ccc1F. The van der Waals surface area contributed by atoms with Crippen LogP contribution in [0.15, 0.2) is 18.2 Å². The summed E-state index contributed by atoms with van der Waals surface area (Å²) in [6, 6.07) is 3.01. The number of sulfonamides is 1. The Kier molecular flexibility index (Phi) is 5.95. The fourth-order valence-corrected chi connectivity index (χ4v) is 2.34. The Balaban J connectivity index is 2.78. The van der Waals surface area contributed by atoms with Crippen LogP contribution >= 0.6 is 0 Å². The Morgan fingerprint density at radius 1 is 1.38 bits per heavy atom. The van der Waals surface area contributed by atoms with Crippen molar-refractivity contribution in [1.82, 2.24) is 5.32 Å². The Labute approximate surface area is 124 Å². The van der Waals surface area contributed by atoms with E-state index in [1.54, 1.807) is 0 Å². The Bertz CT molecular complexity index is 605. The van der Waals surface area contributed by atoms with Gasteiger partial charge in [0.1, 0.15) is 5.82 Å². The number of nitrogens with one attached hydrogen (secondary N) is 3. The molecule has 1 atom stereocenters. The van der Waals surface area contributed by atoms with Gasteiger partial charge in [-0.1, -0.05) is 13.3 Å². The predicted octanol–water partition coefficient (Wildman–Crippen LogP) is 2.51. The Morgan fingerprint density at radius 3 is 2.62 bits per heavy atom. The van der Waals surface area contributed by atoms with Crippen molar-refractivity contribution in [3.63, 3.8) is 0 Å². The van der Waals surface area contributed by atoms with Crippen LogP contribution in [0.25, 0.3) is 0 Å². The number of hydrogen-bond acceptors (Lipinski definition) is 3. The van der Waals surface area contributed by atoms with Crippen LogP contribution in [0.4, 0.5) is 20.6 Å². The van der Waals surface area contributed by atoms with E-state index in [0.717, 1.165) is 25.2 Å². The molecule has 0 saturated carbocycles. The lowest BCUT2D eigenvalue weighted by Gasteiger charge is -2.14. The smallest absolute Gasteiger partial charge is 0.319 e. The van der Waals surface area contributed by atoms with E-state index in [2.05, 4.69) is 15.4 Å². The summed E-state index contributed by atoms with van der Waals surface area (Å²) in [7, 11) is -3.46. The van der Waals surface area contributed by atoms with Gasteiger partial charge in [0.25, 0.3) is 0 Å². The molecule has 0 spiro atoms. The molecule has 0 radical (unpaired) electrons. The second-order valence-electron chi connectivity index (χ2n) is 4.86. The van der Waals surface area contributed by atoms with Gasteiger partial charge in [-0.15, -0.1) is 0 Å². The van der Waals surface area contributed by atoms with Crippen molar-refractivity contribution in [2.45, 2.75) is 32.7 Å². The van der Waals surface area contributed by atoms with Gasteiger partial charge in [-0.3, -0.25) is 4.72 Å². The molecular formula is C13H20FN3O3S. The molecule has 3 N–H and O–H groups in total. The van der Waals surface area contributed by atoms with Crippen LogP contribution in [0.5, 0.6) is 0 Å². The van der Waals surface area contributed by atoms with Crippen LogP contribution in [-0.4, -0.2) is 26.7 Å². The van der Waals surface area contributed by atoms with E-state index in [4.69, 9.17) is 0 Å². The molecule has 21 heavy (non-hydrogen) atoms. The fourth-order valence-electron chi connectivity index (χ4n) is 1.79. The Morgan fingerprint density at radius 2 is 2.05 bits per heavy atom. The molecule has 0 unspecified atom stereocenters. The molecule has 0 bridgehead atoms. The maximum absolute atomic E-state index is 13.6. The number of benzene rings is 1. The molecule has 0 aliphatic heterocycles. The van der Waals surface area contributed by atoms with Gasteiger partial charge in [-0.05, 0) is 31.5 Å². The van der Waals surface area contributed by atoms with Crippen LogP contribution in [-0.2, 0) is 10.0 Å². The minimum Gasteiger partial charge on any atom is -0.335 e. The summed E-state index contributed by atoms with van der Waals surface area (Å²) in [5, 5.41) is 5.03. The van der Waals surface area contributed by atoms with Gasteiger partial charge >= 0.3 is 6.03 Å². The van der Waals surface area contributed by atoms with E-state index in [0.29, 0.717) is 0 Å². The van der Waals surface area contributed by atoms with Crippen molar-refractivity contribution in [2.75, 3.05) is 16.3 Å². The van der Waals surface area contributed by atoms with Crippen molar-refractivity contribution >= 4 is 27.4 Å². The zero-order valence-electron chi connectivity index (χ0n) is 12.2. The minimum atomic E-state index is -3.46. The molecule has 1 aromatic rings. The summed E-state index contributed by atoms with van der Waals surface area (Å²) in [5.74, 6) is -0.646. The molecule has 0 aliphatic rings. The molecule has 0 aromatic heterocycles. The van der Waals surface area contributed by atoms with Crippen LogP contribution < -0.4 is 15.4 Å². The average molecular weight is 317 g/mol. The molecule has 1 rings (SSSR count). The van der Waals surface area contributed by atoms with E-state index in [1.807, 2.05) is 13.8 Å². The number of anilines is 2. The van der Waals surface area contributed by atoms with E-state index >= 15 is 0 Å². The van der Waals surface area contributed by atoms with Crippen LogP contribution in [0.1, 0.15) is 26.7 Å². The lowest BCUT2D eigenvalue weighted by atomic mass is 10.2. The van der Waals surface area contributed by atoms with Crippen molar-refractivity contribution in [2.24, 2.45) is 0 Å². The molecule has 0 saturated heterocycles. The summed E-state index contributed by atoms with van der Waals surface area (Å²) in [5.41, 5.74) is 0.0839. The molecule has 8 heteroatoms. The predicted molar refractivity (Wildman–Crippen MR) is 81.4 cm³/mol. The van der Waals surface area contributed by atoms with Crippen molar-refractivity contribution in [3.05, 3.63) is 24.0 Å². The van der Waals surface area contributed by atoms with Gasteiger partial charge in [0, 0.05) is 6.04 Å². The van der Waals surface area contributed by atoms with E-state index in [-0.39, 0.29) is 17.4 Å². The first-order valence-electron chi connectivity index (χ1n) is 6.56. The molecule has 6 nitrogen and oxygen atoms in total. The second kappa shape index (κ2) is 7.26. The largest absolute Gasteiger partial charge is 0.335 e. The number of carbonyl (C=O) groups excluding carboxylic acids is 1. The zero-order chi connectivity index (χ0) is 16.0. The lowest BCUT2D eigenvalue weighted by molar-refractivity contribution is 0.248. The summed E-state index contributed by atoms with van der Waals surface area (Å²) >= 11 is 0. The number of halogens is 1. The first-order chi connectivity index (χ1) is 9.71. The summed E-state index contributed by atoms with van der Waals surface area (Å²) in [6.07, 6.45) is 2.72. The van der Waals surface area contributed by atoms with Crippen molar-refractivity contribution < 1.29 is 17.6 Å². The average Bonchev–Trinajstić information content (AvgIpc) is 2.31. The minimum absolute atomic E-state index is 0.0320. The normalized spacial score (nSPS) is 12.6. The van der Waals surface area contributed by atoms with Crippen LogP contribution in [0.3, 0.4) is 0 Å². The van der Waals surface area contributed by atoms with Crippen LogP contribution in [0, 0.1) is 5.82 Å². The van der Waals surface area contributed by atoms with E-state index < -0.39 is 21.9 Å². The quantitative estimate of drug-likeness (QED) is 0.753. The highest BCUT2D eigenvalue weighted by molar-refractivity contribution is 7.92. The highest BCUT2D eigenvalue weighted by Gasteiger charge is 2.11. The van der Waals surface area contributed by atoms with Gasteiger partial charge in [-0.25, -0.2) is 17.6 Å². The molecular weight excluding hydrogens is 297 g/mol. The summed E-state index contributed by atoms with van der Waals surface area (Å²) in [6.45, 7) is 3.84. The maximum Gasteiger partial charge on any atom is 0.319 e.